The number of nitrogens with one attached hydrogen (secondary N) is 2. The van der Waals surface area contributed by atoms with Gasteiger partial charge in [0.1, 0.15) is 11.8 Å². The van der Waals surface area contributed by atoms with E-state index in [4.69, 9.17) is 9.47 Å². The van der Waals surface area contributed by atoms with Crippen molar-refractivity contribution in [2.45, 2.75) is 32.2 Å². The number of amides is 2. The zero-order valence-corrected chi connectivity index (χ0v) is 17.6. The lowest BCUT2D eigenvalue weighted by Gasteiger charge is -2.12. The third kappa shape index (κ3) is 6.44. The number of benzene rings is 2. The number of ether oxygens (including phenoxy) is 2. The van der Waals surface area contributed by atoms with Crippen molar-refractivity contribution in [2.75, 3.05) is 19.0 Å². The summed E-state index contributed by atoms with van der Waals surface area (Å²) in [7, 11) is 1.58. The molecular weight excluding hydrogens is 396 g/mol. The second-order valence-corrected chi connectivity index (χ2v) is 7.33. The van der Waals surface area contributed by atoms with E-state index in [9.17, 15) is 14.4 Å². The van der Waals surface area contributed by atoms with Crippen LogP contribution in [-0.2, 0) is 32.0 Å². The first-order valence-electron chi connectivity index (χ1n) is 10.2. The van der Waals surface area contributed by atoms with Crippen LogP contribution in [0.2, 0.25) is 0 Å². The molecule has 2 aromatic carbocycles. The van der Waals surface area contributed by atoms with E-state index in [2.05, 4.69) is 10.6 Å². The van der Waals surface area contributed by atoms with Gasteiger partial charge in [0.15, 0.2) is 6.61 Å². The largest absolute Gasteiger partial charge is 0.497 e. The van der Waals surface area contributed by atoms with Crippen molar-refractivity contribution in [3.8, 4) is 5.75 Å². The first kappa shape index (κ1) is 22.1. The van der Waals surface area contributed by atoms with E-state index in [0.29, 0.717) is 5.69 Å². The van der Waals surface area contributed by atoms with Crippen LogP contribution in [0.4, 0.5) is 5.69 Å². The number of hydrogen-bond donors (Lipinski definition) is 2. The molecule has 1 aliphatic carbocycles. The van der Waals surface area contributed by atoms with E-state index < -0.39 is 30.4 Å². The van der Waals surface area contributed by atoms with Gasteiger partial charge in [-0.15, -0.1) is 0 Å². The summed E-state index contributed by atoms with van der Waals surface area (Å²) in [5.41, 5.74) is 4.06. The van der Waals surface area contributed by atoms with E-state index in [0.717, 1.165) is 30.6 Å². The fraction of sp³-hybridized carbons (Fsp3) is 0.292. The molecule has 1 unspecified atom stereocenters. The number of methoxy groups -OCH3 is 1. The SMILES string of the molecule is COc1ccc(C=CC(=O)NC(C)C(=O)OCC(=O)Nc2ccc3c(c2)CCC3)cc1. The molecule has 0 fully saturated rings. The Kier molecular flexibility index (Phi) is 7.43. The number of carbonyl (C=O) groups is 3. The van der Waals surface area contributed by atoms with Crippen LogP contribution >= 0.6 is 0 Å². The fourth-order valence-electron chi connectivity index (χ4n) is 3.32. The van der Waals surface area contributed by atoms with E-state index in [1.807, 2.05) is 18.2 Å². The van der Waals surface area contributed by atoms with Crippen LogP contribution in [0.15, 0.2) is 48.5 Å². The van der Waals surface area contributed by atoms with Gasteiger partial charge in [0.2, 0.25) is 5.91 Å². The standard InChI is InChI=1S/C24H26N2O5/c1-16(25-22(27)13-8-17-6-11-21(30-2)12-7-17)24(29)31-15-23(28)26-20-10-9-18-4-3-5-19(18)14-20/h6-14,16H,3-5,15H2,1-2H3,(H,25,27)(H,26,28). The minimum atomic E-state index is -0.888. The molecule has 0 aromatic heterocycles. The van der Waals surface area contributed by atoms with Crippen molar-refractivity contribution < 1.29 is 23.9 Å². The second-order valence-electron chi connectivity index (χ2n) is 7.33. The van der Waals surface area contributed by atoms with Crippen LogP contribution in [0, 0.1) is 0 Å². The van der Waals surface area contributed by atoms with Gasteiger partial charge in [0.25, 0.3) is 5.91 Å². The molecule has 7 nitrogen and oxygen atoms in total. The van der Waals surface area contributed by atoms with Crippen molar-refractivity contribution >= 4 is 29.5 Å². The van der Waals surface area contributed by atoms with E-state index in [1.54, 1.807) is 37.5 Å². The highest BCUT2D eigenvalue weighted by Gasteiger charge is 2.18. The molecule has 3 rings (SSSR count). The summed E-state index contributed by atoms with van der Waals surface area (Å²) in [4.78, 5) is 36.2. The normalized spacial score (nSPS) is 13.4. The number of aryl methyl sites for hydroxylation is 2. The van der Waals surface area contributed by atoms with Crippen molar-refractivity contribution in [2.24, 2.45) is 0 Å². The zero-order valence-electron chi connectivity index (χ0n) is 17.6. The number of hydrogen-bond acceptors (Lipinski definition) is 5. The van der Waals surface area contributed by atoms with Gasteiger partial charge in [-0.3, -0.25) is 9.59 Å². The molecule has 0 heterocycles. The molecule has 1 atom stereocenters. The van der Waals surface area contributed by atoms with E-state index in [-0.39, 0.29) is 0 Å². The molecule has 0 aliphatic heterocycles. The van der Waals surface area contributed by atoms with Gasteiger partial charge < -0.3 is 20.1 Å². The van der Waals surface area contributed by atoms with Crippen LogP contribution in [0.3, 0.4) is 0 Å². The van der Waals surface area contributed by atoms with Gasteiger partial charge in [-0.2, -0.15) is 0 Å². The smallest absolute Gasteiger partial charge is 0.328 e. The number of anilines is 1. The Bertz CT molecular complexity index is 982. The summed E-state index contributed by atoms with van der Waals surface area (Å²) < 4.78 is 10.1. The number of carbonyl (C=O) groups excluding carboxylic acids is 3. The molecule has 0 bridgehead atoms. The minimum Gasteiger partial charge on any atom is -0.497 e. The number of fused-ring (bicyclic) bond motifs is 1. The van der Waals surface area contributed by atoms with Gasteiger partial charge in [0, 0.05) is 11.8 Å². The zero-order chi connectivity index (χ0) is 22.2. The molecule has 0 saturated heterocycles. The second kappa shape index (κ2) is 10.4. The molecule has 0 spiro atoms. The molecule has 2 N–H and O–H groups in total. The molecule has 162 valence electrons. The lowest BCUT2D eigenvalue weighted by molar-refractivity contribution is -0.149. The van der Waals surface area contributed by atoms with Crippen molar-refractivity contribution in [1.29, 1.82) is 0 Å². The predicted molar refractivity (Wildman–Crippen MR) is 118 cm³/mol. The van der Waals surface area contributed by atoms with Gasteiger partial charge in [-0.1, -0.05) is 18.2 Å². The molecule has 0 saturated carbocycles. The average Bonchev–Trinajstić information content (AvgIpc) is 3.24. The number of esters is 1. The summed E-state index contributed by atoms with van der Waals surface area (Å²) in [5.74, 6) is -0.833. The van der Waals surface area contributed by atoms with Gasteiger partial charge in [0.05, 0.1) is 7.11 Å². The maximum absolute atomic E-state index is 12.1. The highest BCUT2D eigenvalue weighted by Crippen LogP contribution is 2.24. The van der Waals surface area contributed by atoms with Crippen LogP contribution < -0.4 is 15.4 Å². The maximum Gasteiger partial charge on any atom is 0.328 e. The van der Waals surface area contributed by atoms with E-state index in [1.165, 1.54) is 24.1 Å². The molecular formula is C24H26N2O5. The minimum absolute atomic E-state index is 0.419. The third-order valence-corrected chi connectivity index (χ3v) is 4.98. The van der Waals surface area contributed by atoms with Crippen LogP contribution in [0.1, 0.15) is 30.0 Å². The van der Waals surface area contributed by atoms with Gasteiger partial charge in [-0.05, 0) is 73.2 Å². The highest BCUT2D eigenvalue weighted by atomic mass is 16.5. The Balaban J connectivity index is 1.41. The quantitative estimate of drug-likeness (QED) is 0.504. The summed E-state index contributed by atoms with van der Waals surface area (Å²) in [6, 6.07) is 12.1. The van der Waals surface area contributed by atoms with Crippen molar-refractivity contribution in [3.63, 3.8) is 0 Å². The number of rotatable bonds is 8. The fourth-order valence-corrected chi connectivity index (χ4v) is 3.32. The Hall–Kier alpha value is -3.61. The first-order chi connectivity index (χ1) is 14.9. The molecule has 1 aliphatic rings. The molecule has 0 radical (unpaired) electrons. The van der Waals surface area contributed by atoms with Crippen LogP contribution in [0.5, 0.6) is 5.75 Å². The predicted octanol–water partition coefficient (Wildman–Crippen LogP) is 2.88. The summed E-state index contributed by atoms with van der Waals surface area (Å²) in [6.07, 6.45) is 6.16. The molecule has 2 aromatic rings. The van der Waals surface area contributed by atoms with Crippen molar-refractivity contribution in [1.82, 2.24) is 5.32 Å². The Morgan fingerprint density at radius 1 is 1.06 bits per heavy atom. The van der Waals surface area contributed by atoms with Gasteiger partial charge >= 0.3 is 5.97 Å². The Labute approximate surface area is 181 Å². The average molecular weight is 422 g/mol. The molecule has 2 amide bonds. The lowest BCUT2D eigenvalue weighted by Crippen LogP contribution is -2.39. The lowest BCUT2D eigenvalue weighted by atomic mass is 10.1. The Morgan fingerprint density at radius 2 is 1.81 bits per heavy atom. The first-order valence-corrected chi connectivity index (χ1v) is 10.2. The summed E-state index contributed by atoms with van der Waals surface area (Å²) in [6.45, 7) is 1.08. The van der Waals surface area contributed by atoms with Gasteiger partial charge in [-0.25, -0.2) is 4.79 Å². The van der Waals surface area contributed by atoms with E-state index >= 15 is 0 Å². The summed E-state index contributed by atoms with van der Waals surface area (Å²) in [5, 5.41) is 5.25. The van der Waals surface area contributed by atoms with Crippen molar-refractivity contribution in [3.05, 3.63) is 65.2 Å². The summed E-state index contributed by atoms with van der Waals surface area (Å²) >= 11 is 0. The topological polar surface area (TPSA) is 93.7 Å². The maximum atomic E-state index is 12.1. The monoisotopic (exact) mass is 422 g/mol. The Morgan fingerprint density at radius 3 is 2.55 bits per heavy atom. The molecule has 31 heavy (non-hydrogen) atoms. The van der Waals surface area contributed by atoms with Crippen LogP contribution in [-0.4, -0.2) is 37.5 Å². The highest BCUT2D eigenvalue weighted by molar-refractivity contribution is 5.96. The van der Waals surface area contributed by atoms with Crippen LogP contribution in [0.25, 0.3) is 6.08 Å². The molecule has 7 heteroatoms. The third-order valence-electron chi connectivity index (χ3n) is 4.98.